The Kier molecular flexibility index (Phi) is 5.05. The summed E-state index contributed by atoms with van der Waals surface area (Å²) >= 11 is 5.67. The molecular weight excluding hydrogens is 307 g/mol. The number of hydrogen-bond donors (Lipinski definition) is 1. The van der Waals surface area contributed by atoms with Gasteiger partial charge in [-0.05, 0) is 31.5 Å². The van der Waals surface area contributed by atoms with Gasteiger partial charge < -0.3 is 5.32 Å². The van der Waals surface area contributed by atoms with Crippen LogP contribution in [0.1, 0.15) is 12.8 Å². The molecule has 0 radical (unpaired) electrons. The van der Waals surface area contributed by atoms with Gasteiger partial charge in [-0.1, -0.05) is 11.6 Å². The maximum Gasteiger partial charge on any atom is 0.393 e. The number of hydrogen-bond acceptors (Lipinski definition) is 3. The Morgan fingerprint density at radius 3 is 2.86 bits per heavy atom. The largest absolute Gasteiger partial charge is 0.393 e. The number of piperidine rings is 1. The number of pyridine rings is 1. The van der Waals surface area contributed by atoms with E-state index in [0.717, 1.165) is 0 Å². The topological polar surface area (TPSA) is 45.2 Å². The van der Waals surface area contributed by atoms with Crippen molar-refractivity contribution in [3.8, 4) is 0 Å². The van der Waals surface area contributed by atoms with Crippen molar-refractivity contribution >= 4 is 23.3 Å². The van der Waals surface area contributed by atoms with Gasteiger partial charge in [0.1, 0.15) is 5.82 Å². The number of rotatable bonds is 3. The molecule has 0 spiro atoms. The highest BCUT2D eigenvalue weighted by Gasteiger charge is 2.41. The van der Waals surface area contributed by atoms with Crippen molar-refractivity contribution in [2.75, 3.05) is 25.0 Å². The summed E-state index contributed by atoms with van der Waals surface area (Å²) in [7, 11) is 0. The zero-order valence-corrected chi connectivity index (χ0v) is 11.9. The molecule has 1 fully saturated rings. The van der Waals surface area contributed by atoms with Gasteiger partial charge >= 0.3 is 6.18 Å². The summed E-state index contributed by atoms with van der Waals surface area (Å²) in [5.41, 5.74) is 0. The first-order valence-electron chi connectivity index (χ1n) is 6.55. The molecule has 0 saturated carbocycles. The number of halogens is 4. The van der Waals surface area contributed by atoms with Gasteiger partial charge in [0, 0.05) is 12.7 Å². The van der Waals surface area contributed by atoms with Crippen LogP contribution in [0.4, 0.5) is 19.0 Å². The minimum atomic E-state index is -4.20. The molecule has 1 atom stereocenters. The Bertz CT molecular complexity index is 492. The predicted octanol–water partition coefficient (Wildman–Crippen LogP) is 2.95. The Morgan fingerprint density at radius 1 is 1.48 bits per heavy atom. The second kappa shape index (κ2) is 6.62. The van der Waals surface area contributed by atoms with E-state index < -0.39 is 12.1 Å². The lowest BCUT2D eigenvalue weighted by molar-refractivity contribution is -0.186. The van der Waals surface area contributed by atoms with Gasteiger partial charge in [-0.25, -0.2) is 4.98 Å². The van der Waals surface area contributed by atoms with E-state index >= 15 is 0 Å². The normalized spacial score (nSPS) is 20.3. The van der Waals surface area contributed by atoms with Gasteiger partial charge in [0.2, 0.25) is 5.91 Å². The monoisotopic (exact) mass is 321 g/mol. The molecule has 2 heterocycles. The van der Waals surface area contributed by atoms with Crippen molar-refractivity contribution in [3.63, 3.8) is 0 Å². The number of carbonyl (C=O) groups excluding carboxylic acids is 1. The number of carbonyl (C=O) groups is 1. The molecule has 2 rings (SSSR count). The highest BCUT2D eigenvalue weighted by molar-refractivity contribution is 6.30. The second-order valence-electron chi connectivity index (χ2n) is 5.03. The van der Waals surface area contributed by atoms with Gasteiger partial charge in [0.15, 0.2) is 0 Å². The third-order valence-electron chi connectivity index (χ3n) is 3.33. The lowest BCUT2D eigenvalue weighted by Gasteiger charge is -2.33. The van der Waals surface area contributed by atoms with Crippen molar-refractivity contribution < 1.29 is 18.0 Å². The van der Waals surface area contributed by atoms with Crippen LogP contribution in [-0.4, -0.2) is 41.6 Å². The van der Waals surface area contributed by atoms with Crippen molar-refractivity contribution in [1.82, 2.24) is 9.88 Å². The maximum atomic E-state index is 12.7. The molecule has 8 heteroatoms. The van der Waals surface area contributed by atoms with E-state index in [0.29, 0.717) is 23.8 Å². The molecule has 1 N–H and O–H groups in total. The summed E-state index contributed by atoms with van der Waals surface area (Å²) in [6.07, 6.45) is -2.25. The molecule has 0 bridgehead atoms. The van der Waals surface area contributed by atoms with E-state index in [2.05, 4.69) is 10.3 Å². The van der Waals surface area contributed by atoms with Crippen molar-refractivity contribution in [2.24, 2.45) is 5.92 Å². The number of nitrogens with zero attached hydrogens (tertiary/aromatic N) is 2. The van der Waals surface area contributed by atoms with Crippen LogP contribution < -0.4 is 5.32 Å². The molecule has 1 saturated heterocycles. The number of anilines is 1. The number of aromatic nitrogens is 1. The number of amides is 1. The van der Waals surface area contributed by atoms with Crippen LogP contribution in [-0.2, 0) is 4.79 Å². The SMILES string of the molecule is O=C(CN1CCCC(C(F)(F)F)C1)Nc1ccc(Cl)cn1. The van der Waals surface area contributed by atoms with Crippen LogP contribution in [0.5, 0.6) is 0 Å². The quantitative estimate of drug-likeness (QED) is 0.931. The summed E-state index contributed by atoms with van der Waals surface area (Å²) in [6, 6.07) is 3.11. The first-order valence-corrected chi connectivity index (χ1v) is 6.93. The van der Waals surface area contributed by atoms with Crippen LogP contribution in [0.25, 0.3) is 0 Å². The summed E-state index contributed by atoms with van der Waals surface area (Å²) in [5, 5.41) is 2.98. The fraction of sp³-hybridized carbons (Fsp3) is 0.538. The Labute approximate surface area is 125 Å². The third kappa shape index (κ3) is 4.86. The zero-order chi connectivity index (χ0) is 15.5. The van der Waals surface area contributed by atoms with Crippen LogP contribution >= 0.6 is 11.6 Å². The molecule has 1 aromatic heterocycles. The van der Waals surface area contributed by atoms with Crippen molar-refractivity contribution in [3.05, 3.63) is 23.4 Å². The van der Waals surface area contributed by atoms with E-state index in [9.17, 15) is 18.0 Å². The summed E-state index contributed by atoms with van der Waals surface area (Å²) < 4.78 is 38.1. The van der Waals surface area contributed by atoms with Crippen LogP contribution in [0, 0.1) is 5.92 Å². The fourth-order valence-corrected chi connectivity index (χ4v) is 2.41. The van der Waals surface area contributed by atoms with Gasteiger partial charge in [-0.2, -0.15) is 13.2 Å². The molecule has 1 aromatic rings. The lowest BCUT2D eigenvalue weighted by Crippen LogP contribution is -2.44. The smallest absolute Gasteiger partial charge is 0.310 e. The number of alkyl halides is 3. The highest BCUT2D eigenvalue weighted by atomic mass is 35.5. The van der Waals surface area contributed by atoms with Gasteiger partial charge in [-0.3, -0.25) is 9.69 Å². The molecule has 1 amide bonds. The first kappa shape index (κ1) is 16.0. The summed E-state index contributed by atoms with van der Waals surface area (Å²) in [6.45, 7) is 0.288. The van der Waals surface area contributed by atoms with Crippen LogP contribution in [0.2, 0.25) is 5.02 Å². The fourth-order valence-electron chi connectivity index (χ4n) is 2.30. The molecule has 0 aromatic carbocycles. The predicted molar refractivity (Wildman–Crippen MR) is 73.1 cm³/mol. The van der Waals surface area contributed by atoms with Crippen LogP contribution in [0.15, 0.2) is 18.3 Å². The van der Waals surface area contributed by atoms with Crippen molar-refractivity contribution in [2.45, 2.75) is 19.0 Å². The van der Waals surface area contributed by atoms with Gasteiger partial charge in [-0.15, -0.1) is 0 Å². The van der Waals surface area contributed by atoms with E-state index in [1.54, 1.807) is 6.07 Å². The second-order valence-corrected chi connectivity index (χ2v) is 5.46. The summed E-state index contributed by atoms with van der Waals surface area (Å²) in [4.78, 5) is 17.2. The minimum absolute atomic E-state index is 0.0725. The average molecular weight is 322 g/mol. The molecule has 1 unspecified atom stereocenters. The molecule has 4 nitrogen and oxygen atoms in total. The Hall–Kier alpha value is -1.34. The zero-order valence-electron chi connectivity index (χ0n) is 11.2. The first-order chi connectivity index (χ1) is 9.84. The van der Waals surface area contributed by atoms with Gasteiger partial charge in [0.25, 0.3) is 0 Å². The highest BCUT2D eigenvalue weighted by Crippen LogP contribution is 2.32. The molecular formula is C13H15ClF3N3O. The maximum absolute atomic E-state index is 12.7. The molecule has 0 aliphatic carbocycles. The van der Waals surface area contributed by atoms with E-state index in [-0.39, 0.29) is 25.4 Å². The third-order valence-corrected chi connectivity index (χ3v) is 3.55. The number of likely N-dealkylation sites (tertiary alicyclic amines) is 1. The van der Waals surface area contributed by atoms with E-state index in [1.807, 2.05) is 0 Å². The summed E-state index contributed by atoms with van der Waals surface area (Å²) in [5.74, 6) is -1.41. The van der Waals surface area contributed by atoms with E-state index in [1.165, 1.54) is 17.2 Å². The Balaban J connectivity index is 1.86. The lowest BCUT2D eigenvalue weighted by atomic mass is 9.97. The molecule has 1 aliphatic rings. The molecule has 21 heavy (non-hydrogen) atoms. The molecule has 116 valence electrons. The van der Waals surface area contributed by atoms with Crippen molar-refractivity contribution in [1.29, 1.82) is 0 Å². The van der Waals surface area contributed by atoms with E-state index in [4.69, 9.17) is 11.6 Å². The average Bonchev–Trinajstić information content (AvgIpc) is 2.41. The standard InChI is InChI=1S/C13H15ClF3N3O/c14-10-3-4-11(18-6-10)19-12(21)8-20-5-1-2-9(7-20)13(15,16)17/h3-4,6,9H,1-2,5,7-8H2,(H,18,19,21). The Morgan fingerprint density at radius 2 is 2.24 bits per heavy atom. The number of nitrogens with one attached hydrogen (secondary N) is 1. The van der Waals surface area contributed by atoms with Gasteiger partial charge in [0.05, 0.1) is 17.5 Å². The minimum Gasteiger partial charge on any atom is -0.310 e. The van der Waals surface area contributed by atoms with Crippen LogP contribution in [0.3, 0.4) is 0 Å². The molecule has 1 aliphatic heterocycles.